The number of benzene rings is 2. The van der Waals surface area contributed by atoms with Crippen LogP contribution in [0.15, 0.2) is 60.9 Å². The molecule has 0 aliphatic heterocycles. The molecular weight excluding hydrogens is 382 g/mol. The van der Waals surface area contributed by atoms with Crippen LogP contribution >= 0.6 is 12.2 Å². The van der Waals surface area contributed by atoms with Crippen LogP contribution in [0.1, 0.15) is 16.7 Å². The van der Waals surface area contributed by atoms with E-state index in [0.29, 0.717) is 11.4 Å². The number of rotatable bonds is 6. The van der Waals surface area contributed by atoms with Gasteiger partial charge in [0.2, 0.25) is 4.77 Å². The maximum atomic E-state index is 5.63. The van der Waals surface area contributed by atoms with Crippen LogP contribution in [0.5, 0.6) is 0 Å². The first-order valence-electron chi connectivity index (χ1n) is 9.52. The number of hydrogen-bond acceptors (Lipinski definition) is 4. The Morgan fingerprint density at radius 3 is 2.59 bits per heavy atom. The zero-order chi connectivity index (χ0) is 20.4. The van der Waals surface area contributed by atoms with E-state index in [9.17, 15) is 0 Å². The summed E-state index contributed by atoms with van der Waals surface area (Å²) in [6, 6.07) is 16.2. The number of aryl methyl sites for hydroxylation is 1. The summed E-state index contributed by atoms with van der Waals surface area (Å²) < 4.78 is 6.00. The fraction of sp³-hybridized carbons (Fsp3) is 0.238. The Kier molecular flexibility index (Phi) is 5.37. The van der Waals surface area contributed by atoms with Crippen molar-refractivity contribution in [3.8, 4) is 11.4 Å². The van der Waals surface area contributed by atoms with Crippen LogP contribution in [0, 0.1) is 18.6 Å². The van der Waals surface area contributed by atoms with Crippen molar-refractivity contribution < 1.29 is 4.90 Å². The quantitative estimate of drug-likeness (QED) is 0.499. The predicted molar refractivity (Wildman–Crippen MR) is 114 cm³/mol. The van der Waals surface area contributed by atoms with Gasteiger partial charge in [-0.15, -0.1) is 0 Å². The maximum Gasteiger partial charge on any atom is 0.225 e. The lowest BCUT2D eigenvalue weighted by Crippen LogP contribution is -3.07. The first-order chi connectivity index (χ1) is 14.0. The van der Waals surface area contributed by atoms with E-state index in [0.717, 1.165) is 29.0 Å². The molecule has 1 N–H and O–H groups in total. The summed E-state index contributed by atoms with van der Waals surface area (Å²) in [7, 11) is 2.11. The van der Waals surface area contributed by atoms with Crippen LogP contribution in [0.2, 0.25) is 0 Å². The van der Waals surface area contributed by atoms with Gasteiger partial charge in [-0.2, -0.15) is 14.5 Å². The molecule has 0 spiro atoms. The first-order valence-corrected chi connectivity index (χ1v) is 9.93. The minimum Gasteiger partial charge on any atom is -0.315 e. The minimum absolute atomic E-state index is 0.595. The van der Waals surface area contributed by atoms with Crippen molar-refractivity contribution in [3.63, 3.8) is 0 Å². The van der Waals surface area contributed by atoms with Gasteiger partial charge in [0.15, 0.2) is 6.67 Å². The second kappa shape index (κ2) is 8.10. The normalized spacial score (nSPS) is 12.2. The smallest absolute Gasteiger partial charge is 0.225 e. The molecule has 0 aliphatic carbocycles. The Morgan fingerprint density at radius 2 is 1.79 bits per heavy atom. The van der Waals surface area contributed by atoms with Gasteiger partial charge in [0.05, 0.1) is 24.6 Å². The number of para-hydroxylation sites is 1. The van der Waals surface area contributed by atoms with Gasteiger partial charge in [0, 0.05) is 11.8 Å². The van der Waals surface area contributed by atoms with Crippen LogP contribution in [0.4, 0.5) is 0 Å². The standard InChI is InChI=1S/C21H23N7S/c1-16-8-7-11-20(17(16)2)28-21(29)27(23-24-28)15-25(3)13-18-12-22-26(14-18)19-9-5-4-6-10-19/h4-12,14H,13,15H2,1-3H3/p+1. The molecular formula is C21H24N7S+. The van der Waals surface area contributed by atoms with Crippen molar-refractivity contribution in [1.82, 2.24) is 29.6 Å². The Labute approximate surface area is 174 Å². The Bertz CT molecular complexity index is 1170. The number of nitrogens with one attached hydrogen (secondary N) is 1. The van der Waals surface area contributed by atoms with Crippen LogP contribution in [0.25, 0.3) is 11.4 Å². The molecule has 0 aliphatic rings. The maximum absolute atomic E-state index is 5.63. The molecule has 8 heteroatoms. The highest BCUT2D eigenvalue weighted by Crippen LogP contribution is 2.16. The summed E-state index contributed by atoms with van der Waals surface area (Å²) in [5.74, 6) is 0. The molecule has 1 atom stereocenters. The molecule has 2 aromatic carbocycles. The van der Waals surface area contributed by atoms with E-state index in [2.05, 4.69) is 48.7 Å². The number of nitrogens with zero attached hydrogens (tertiary/aromatic N) is 6. The van der Waals surface area contributed by atoms with Gasteiger partial charge in [0.1, 0.15) is 6.54 Å². The third kappa shape index (κ3) is 4.03. The lowest BCUT2D eigenvalue weighted by Gasteiger charge is -2.12. The summed E-state index contributed by atoms with van der Waals surface area (Å²) in [5, 5.41) is 13.0. The van der Waals surface area contributed by atoms with E-state index in [1.165, 1.54) is 10.5 Å². The highest BCUT2D eigenvalue weighted by Gasteiger charge is 2.13. The highest BCUT2D eigenvalue weighted by molar-refractivity contribution is 7.71. The number of hydrogen-bond donors (Lipinski definition) is 1. The molecule has 0 saturated carbocycles. The Hall–Kier alpha value is -3.10. The van der Waals surface area contributed by atoms with Gasteiger partial charge < -0.3 is 4.90 Å². The monoisotopic (exact) mass is 406 g/mol. The van der Waals surface area contributed by atoms with Crippen molar-refractivity contribution in [1.29, 1.82) is 0 Å². The van der Waals surface area contributed by atoms with Gasteiger partial charge in [0.25, 0.3) is 0 Å². The molecule has 0 fully saturated rings. The van der Waals surface area contributed by atoms with Crippen LogP contribution in [-0.4, -0.2) is 36.6 Å². The lowest BCUT2D eigenvalue weighted by molar-refractivity contribution is -0.917. The van der Waals surface area contributed by atoms with Gasteiger partial charge in [-0.1, -0.05) is 30.3 Å². The third-order valence-electron chi connectivity index (χ3n) is 5.03. The molecule has 7 nitrogen and oxygen atoms in total. The molecule has 4 aromatic rings. The molecule has 1 unspecified atom stereocenters. The van der Waals surface area contributed by atoms with E-state index < -0.39 is 0 Å². The van der Waals surface area contributed by atoms with Gasteiger partial charge in [-0.25, -0.2) is 4.68 Å². The minimum atomic E-state index is 0.595. The number of quaternary nitrogens is 1. The van der Waals surface area contributed by atoms with Crippen molar-refractivity contribution in [2.45, 2.75) is 27.1 Å². The van der Waals surface area contributed by atoms with E-state index in [4.69, 9.17) is 12.2 Å². The Morgan fingerprint density at radius 1 is 1.00 bits per heavy atom. The topological polar surface area (TPSA) is 57.9 Å². The fourth-order valence-corrected chi connectivity index (χ4v) is 3.56. The highest BCUT2D eigenvalue weighted by atomic mass is 32.1. The van der Waals surface area contributed by atoms with Crippen LogP contribution < -0.4 is 4.90 Å². The average molecular weight is 407 g/mol. The molecule has 2 heterocycles. The second-order valence-corrected chi connectivity index (χ2v) is 7.68. The average Bonchev–Trinajstić information content (AvgIpc) is 3.32. The molecule has 148 valence electrons. The molecule has 0 saturated heterocycles. The SMILES string of the molecule is Cc1cccc(-n2nnn(C[NH+](C)Cc3cnn(-c4ccccc4)c3)c2=S)c1C. The molecule has 29 heavy (non-hydrogen) atoms. The summed E-state index contributed by atoms with van der Waals surface area (Å²) in [6.45, 7) is 5.60. The third-order valence-corrected chi connectivity index (χ3v) is 5.41. The van der Waals surface area contributed by atoms with Crippen LogP contribution in [-0.2, 0) is 13.2 Å². The van der Waals surface area contributed by atoms with E-state index >= 15 is 0 Å². The number of aromatic nitrogens is 6. The van der Waals surface area contributed by atoms with Crippen molar-refractivity contribution >= 4 is 12.2 Å². The summed E-state index contributed by atoms with van der Waals surface area (Å²) in [5.41, 5.74) is 5.54. The van der Waals surface area contributed by atoms with E-state index in [1.54, 1.807) is 9.36 Å². The van der Waals surface area contributed by atoms with Crippen molar-refractivity contribution in [2.75, 3.05) is 7.05 Å². The second-order valence-electron chi connectivity index (χ2n) is 7.31. The van der Waals surface area contributed by atoms with Gasteiger partial charge in [-0.3, -0.25) is 0 Å². The van der Waals surface area contributed by atoms with E-state index in [1.807, 2.05) is 53.3 Å². The molecule has 2 aromatic heterocycles. The zero-order valence-electron chi connectivity index (χ0n) is 16.8. The first kappa shape index (κ1) is 19.2. The Balaban J connectivity index is 1.48. The summed E-state index contributed by atoms with van der Waals surface area (Å²) in [4.78, 5) is 1.24. The molecule has 0 bridgehead atoms. The predicted octanol–water partition coefficient (Wildman–Crippen LogP) is 2.27. The summed E-state index contributed by atoms with van der Waals surface area (Å²) in [6.07, 6.45) is 3.97. The number of tetrazole rings is 1. The molecule has 0 amide bonds. The molecule has 0 radical (unpaired) electrons. The van der Waals surface area contributed by atoms with Gasteiger partial charge in [-0.05, 0) is 65.8 Å². The zero-order valence-corrected chi connectivity index (χ0v) is 17.6. The van der Waals surface area contributed by atoms with Crippen molar-refractivity contribution in [3.05, 3.63) is 82.4 Å². The summed E-state index contributed by atoms with van der Waals surface area (Å²) >= 11 is 5.63. The molecule has 4 rings (SSSR count). The lowest BCUT2D eigenvalue weighted by atomic mass is 10.1. The van der Waals surface area contributed by atoms with Gasteiger partial charge >= 0.3 is 0 Å². The fourth-order valence-electron chi connectivity index (χ4n) is 3.32. The largest absolute Gasteiger partial charge is 0.315 e. The van der Waals surface area contributed by atoms with Crippen LogP contribution in [0.3, 0.4) is 0 Å². The van der Waals surface area contributed by atoms with E-state index in [-0.39, 0.29) is 0 Å². The van der Waals surface area contributed by atoms with Crippen molar-refractivity contribution in [2.24, 2.45) is 0 Å².